The summed E-state index contributed by atoms with van der Waals surface area (Å²) in [6.45, 7) is -0.486. The number of aliphatic hydroxyl groups excluding tert-OH is 1. The van der Waals surface area contributed by atoms with E-state index in [1.165, 1.54) is 0 Å². The Bertz CT molecular complexity index is 665. The van der Waals surface area contributed by atoms with Crippen LogP contribution in [0.5, 0.6) is 0 Å². The molecule has 0 fully saturated rings. The molecule has 1 heterocycles. The van der Waals surface area contributed by atoms with Gasteiger partial charge in [0.05, 0.1) is 24.4 Å². The highest BCUT2D eigenvalue weighted by Crippen LogP contribution is 2.48. The molecule has 1 aliphatic rings. The van der Waals surface area contributed by atoms with Gasteiger partial charge in [-0.25, -0.2) is 17.2 Å². The smallest absolute Gasteiger partial charge is 0.382 e. The van der Waals surface area contributed by atoms with Crippen LogP contribution in [0.15, 0.2) is 0 Å². The summed E-state index contributed by atoms with van der Waals surface area (Å²) in [6.07, 6.45) is -7.86. The molecule has 0 aromatic carbocycles. The highest BCUT2D eigenvalue weighted by atomic mass is 32.2. The van der Waals surface area contributed by atoms with E-state index in [2.05, 4.69) is 5.10 Å². The lowest BCUT2D eigenvalue weighted by Crippen LogP contribution is -2.25. The van der Waals surface area contributed by atoms with Gasteiger partial charge in [0.1, 0.15) is 15.9 Å². The Morgan fingerprint density at radius 1 is 1.43 bits per heavy atom. The van der Waals surface area contributed by atoms with Crippen molar-refractivity contribution < 1.29 is 35.5 Å². The zero-order valence-corrected chi connectivity index (χ0v) is 11.5. The maximum absolute atomic E-state index is 13.4. The average Bonchev–Trinajstić information content (AvgIpc) is 2.71. The first-order valence-corrected chi connectivity index (χ1v) is 7.79. The van der Waals surface area contributed by atoms with Gasteiger partial charge >= 0.3 is 6.18 Å². The van der Waals surface area contributed by atoms with Gasteiger partial charge in [0, 0.05) is 11.8 Å². The van der Waals surface area contributed by atoms with Gasteiger partial charge in [-0.15, -0.1) is 0 Å². The van der Waals surface area contributed by atoms with E-state index in [1.807, 2.05) is 0 Å². The van der Waals surface area contributed by atoms with Crippen LogP contribution in [-0.2, 0) is 29.0 Å². The van der Waals surface area contributed by atoms with Crippen molar-refractivity contribution in [1.29, 1.82) is 0 Å². The molecular formula is C10H11F5N2O3S. The minimum absolute atomic E-state index is 0.483. The Kier molecular flexibility index (Phi) is 3.56. The summed E-state index contributed by atoms with van der Waals surface area (Å²) in [7, 11) is -3.50. The Balaban J connectivity index is 2.49. The molecule has 21 heavy (non-hydrogen) atoms. The fourth-order valence-corrected chi connectivity index (χ4v) is 2.67. The number of aryl methyl sites for hydroxylation is 1. The predicted octanol–water partition coefficient (Wildman–Crippen LogP) is 1.17. The molecule has 1 N–H and O–H groups in total. The highest BCUT2D eigenvalue weighted by Gasteiger charge is 2.54. The van der Waals surface area contributed by atoms with E-state index in [0.717, 1.165) is 6.26 Å². The number of aliphatic hydroxyl groups is 1. The number of aromatic nitrogens is 2. The second-order valence-electron chi connectivity index (χ2n) is 4.90. The van der Waals surface area contributed by atoms with Gasteiger partial charge in [-0.3, -0.25) is 4.68 Å². The van der Waals surface area contributed by atoms with Gasteiger partial charge in [-0.2, -0.15) is 18.3 Å². The predicted molar refractivity (Wildman–Crippen MR) is 60.6 cm³/mol. The monoisotopic (exact) mass is 334 g/mol. The van der Waals surface area contributed by atoms with Crippen molar-refractivity contribution in [2.45, 2.75) is 31.2 Å². The van der Waals surface area contributed by atoms with Gasteiger partial charge in [0.25, 0.3) is 5.92 Å². The third-order valence-electron chi connectivity index (χ3n) is 3.12. The number of hydrogen-bond donors (Lipinski definition) is 1. The molecule has 11 heteroatoms. The summed E-state index contributed by atoms with van der Waals surface area (Å²) in [5.74, 6) is -4.28. The molecule has 0 unspecified atom stereocenters. The highest BCUT2D eigenvalue weighted by molar-refractivity contribution is 7.90. The van der Waals surface area contributed by atoms with Crippen molar-refractivity contribution in [3.63, 3.8) is 0 Å². The van der Waals surface area contributed by atoms with Gasteiger partial charge in [-0.05, 0) is 0 Å². The number of alkyl halides is 5. The van der Waals surface area contributed by atoms with E-state index in [4.69, 9.17) is 0 Å². The summed E-state index contributed by atoms with van der Waals surface area (Å²) in [4.78, 5) is 0. The SMILES string of the molecule is CS(=O)(=O)CCn1nc(C(F)(F)F)c2c1CC(F)(F)[C@H]2O. The quantitative estimate of drug-likeness (QED) is 0.843. The minimum atomic E-state index is -5.01. The third-order valence-corrected chi connectivity index (χ3v) is 4.04. The Hall–Kier alpha value is -1.23. The molecule has 0 radical (unpaired) electrons. The molecule has 0 bridgehead atoms. The summed E-state index contributed by atoms with van der Waals surface area (Å²) >= 11 is 0. The fraction of sp³-hybridized carbons (Fsp3) is 0.700. The molecule has 1 aromatic rings. The lowest BCUT2D eigenvalue weighted by molar-refractivity contribution is -0.146. The Morgan fingerprint density at radius 3 is 2.48 bits per heavy atom. The largest absolute Gasteiger partial charge is 0.435 e. The number of halogens is 5. The first kappa shape index (κ1) is 16.1. The van der Waals surface area contributed by atoms with E-state index in [-0.39, 0.29) is 0 Å². The molecule has 0 spiro atoms. The van der Waals surface area contributed by atoms with Gasteiger partial charge < -0.3 is 5.11 Å². The lowest BCUT2D eigenvalue weighted by Gasteiger charge is -2.15. The maximum atomic E-state index is 13.4. The summed E-state index contributed by atoms with van der Waals surface area (Å²) in [5, 5.41) is 12.5. The Labute approximate surface area is 116 Å². The second-order valence-corrected chi connectivity index (χ2v) is 7.16. The number of hydrogen-bond acceptors (Lipinski definition) is 4. The molecule has 1 aromatic heterocycles. The number of rotatable bonds is 3. The number of fused-ring (bicyclic) bond motifs is 1. The van der Waals surface area contributed by atoms with Crippen LogP contribution in [0.25, 0.3) is 0 Å². The minimum Gasteiger partial charge on any atom is -0.382 e. The molecule has 0 saturated carbocycles. The molecule has 1 atom stereocenters. The average molecular weight is 334 g/mol. The molecule has 1 aliphatic carbocycles. The van der Waals surface area contributed by atoms with Crippen molar-refractivity contribution in [3.8, 4) is 0 Å². The van der Waals surface area contributed by atoms with Crippen molar-refractivity contribution in [2.24, 2.45) is 0 Å². The molecule has 2 rings (SSSR count). The van der Waals surface area contributed by atoms with Gasteiger partial charge in [-0.1, -0.05) is 0 Å². The normalized spacial score (nSPS) is 21.6. The van der Waals surface area contributed by atoms with E-state index in [1.54, 1.807) is 0 Å². The van der Waals surface area contributed by atoms with Crippen LogP contribution >= 0.6 is 0 Å². The molecule has 0 aliphatic heterocycles. The molecular weight excluding hydrogens is 323 g/mol. The standard InChI is InChI=1S/C10H11F5N2O3S/c1-21(19,20)3-2-17-5-4-9(11,12)8(18)6(5)7(16-17)10(13,14)15/h8,18H,2-4H2,1H3/t8-/m0/s1. The topological polar surface area (TPSA) is 72.2 Å². The molecule has 0 amide bonds. The second kappa shape index (κ2) is 4.63. The number of sulfone groups is 1. The summed E-state index contributed by atoms with van der Waals surface area (Å²) in [5.41, 5.74) is -3.06. The first-order chi connectivity index (χ1) is 9.33. The van der Waals surface area contributed by atoms with E-state index in [9.17, 15) is 35.5 Å². The van der Waals surface area contributed by atoms with Crippen molar-refractivity contribution >= 4 is 9.84 Å². The molecule has 0 saturated heterocycles. The first-order valence-electron chi connectivity index (χ1n) is 5.73. The van der Waals surface area contributed by atoms with Crippen LogP contribution in [0.2, 0.25) is 0 Å². The van der Waals surface area contributed by atoms with Crippen molar-refractivity contribution in [3.05, 3.63) is 17.0 Å². The van der Waals surface area contributed by atoms with Crippen LogP contribution in [-0.4, -0.2) is 41.2 Å². The van der Waals surface area contributed by atoms with Gasteiger partial charge in [0.15, 0.2) is 5.69 Å². The van der Waals surface area contributed by atoms with Crippen LogP contribution in [0.1, 0.15) is 23.1 Å². The Morgan fingerprint density at radius 2 is 2.00 bits per heavy atom. The van der Waals surface area contributed by atoms with Crippen LogP contribution < -0.4 is 0 Å². The summed E-state index contributed by atoms with van der Waals surface area (Å²) in [6, 6.07) is 0. The van der Waals surface area contributed by atoms with Crippen LogP contribution in [0.3, 0.4) is 0 Å². The van der Waals surface area contributed by atoms with Crippen LogP contribution in [0, 0.1) is 0 Å². The van der Waals surface area contributed by atoms with E-state index < -0.39 is 63.7 Å². The zero-order valence-electron chi connectivity index (χ0n) is 10.7. The van der Waals surface area contributed by atoms with Crippen molar-refractivity contribution in [2.75, 3.05) is 12.0 Å². The third kappa shape index (κ3) is 3.03. The number of nitrogens with zero attached hydrogens (tertiary/aromatic N) is 2. The maximum Gasteiger partial charge on any atom is 0.435 e. The zero-order chi connectivity index (χ0) is 16.2. The van der Waals surface area contributed by atoms with Gasteiger partial charge in [0.2, 0.25) is 0 Å². The fourth-order valence-electron chi connectivity index (χ4n) is 2.16. The van der Waals surface area contributed by atoms with Crippen LogP contribution in [0.4, 0.5) is 22.0 Å². The van der Waals surface area contributed by atoms with Crippen molar-refractivity contribution in [1.82, 2.24) is 9.78 Å². The molecule has 120 valence electrons. The van der Waals surface area contributed by atoms with E-state index >= 15 is 0 Å². The lowest BCUT2D eigenvalue weighted by atomic mass is 10.1. The summed E-state index contributed by atoms with van der Waals surface area (Å²) < 4.78 is 87.9. The van der Waals surface area contributed by atoms with E-state index in [0.29, 0.717) is 4.68 Å². The molecule has 5 nitrogen and oxygen atoms in total.